The molecule has 0 fully saturated rings. The molecule has 0 spiro atoms. The third kappa shape index (κ3) is 5.51. The Morgan fingerprint density at radius 3 is 2.30 bits per heavy atom. The lowest BCUT2D eigenvalue weighted by Crippen LogP contribution is -2.32. The van der Waals surface area contributed by atoms with Crippen molar-refractivity contribution in [1.29, 1.82) is 0 Å². The lowest BCUT2D eigenvalue weighted by Gasteiger charge is -2.27. The average Bonchev–Trinajstić information content (AvgIpc) is 2.43. The minimum atomic E-state index is 0.258. The Kier molecular flexibility index (Phi) is 6.50. The lowest BCUT2D eigenvalue weighted by molar-refractivity contribution is 0.149. The SMILES string of the molecule is COCCC(C)(C)CNC(C)c1ccc(N(C)C)cc1. The number of methoxy groups -OCH3 is 1. The molecule has 0 aliphatic rings. The number of hydrogen-bond donors (Lipinski definition) is 1. The Morgan fingerprint density at radius 2 is 1.80 bits per heavy atom. The van der Waals surface area contributed by atoms with Gasteiger partial charge in [-0.05, 0) is 36.5 Å². The summed E-state index contributed by atoms with van der Waals surface area (Å²) >= 11 is 0. The molecule has 0 aromatic heterocycles. The maximum absolute atomic E-state index is 5.17. The van der Waals surface area contributed by atoms with E-state index in [9.17, 15) is 0 Å². The van der Waals surface area contributed by atoms with Gasteiger partial charge in [-0.1, -0.05) is 26.0 Å². The fourth-order valence-electron chi connectivity index (χ4n) is 2.08. The molecule has 0 aliphatic heterocycles. The summed E-state index contributed by atoms with van der Waals surface area (Å²) < 4.78 is 5.17. The highest BCUT2D eigenvalue weighted by atomic mass is 16.5. The molecule has 0 saturated carbocycles. The number of hydrogen-bond acceptors (Lipinski definition) is 3. The van der Waals surface area contributed by atoms with Crippen LogP contribution in [0.15, 0.2) is 24.3 Å². The smallest absolute Gasteiger partial charge is 0.0467 e. The summed E-state index contributed by atoms with van der Waals surface area (Å²) in [6, 6.07) is 9.12. The summed E-state index contributed by atoms with van der Waals surface area (Å²) in [6.07, 6.45) is 1.07. The summed E-state index contributed by atoms with van der Waals surface area (Å²) in [4.78, 5) is 2.12. The number of nitrogens with zero attached hydrogens (tertiary/aromatic N) is 1. The van der Waals surface area contributed by atoms with E-state index < -0.39 is 0 Å². The molecule has 0 bridgehead atoms. The van der Waals surface area contributed by atoms with Crippen molar-refractivity contribution in [3.05, 3.63) is 29.8 Å². The van der Waals surface area contributed by atoms with Gasteiger partial charge in [-0.2, -0.15) is 0 Å². The molecule has 0 aliphatic carbocycles. The maximum atomic E-state index is 5.17. The van der Waals surface area contributed by atoms with E-state index in [1.165, 1.54) is 11.3 Å². The van der Waals surface area contributed by atoms with Crippen LogP contribution in [0, 0.1) is 5.41 Å². The molecule has 1 unspecified atom stereocenters. The molecule has 0 amide bonds. The first-order valence-electron chi connectivity index (χ1n) is 7.35. The highest BCUT2D eigenvalue weighted by Crippen LogP contribution is 2.22. The van der Waals surface area contributed by atoms with Crippen LogP contribution in [0.3, 0.4) is 0 Å². The van der Waals surface area contributed by atoms with E-state index in [0.717, 1.165) is 19.6 Å². The van der Waals surface area contributed by atoms with Crippen molar-refractivity contribution in [2.45, 2.75) is 33.2 Å². The van der Waals surface area contributed by atoms with E-state index in [1.807, 2.05) is 0 Å². The van der Waals surface area contributed by atoms with Gasteiger partial charge in [0.2, 0.25) is 0 Å². The lowest BCUT2D eigenvalue weighted by atomic mass is 9.89. The predicted molar refractivity (Wildman–Crippen MR) is 87.5 cm³/mol. The first kappa shape index (κ1) is 17.0. The number of ether oxygens (including phenoxy) is 1. The molecule has 1 N–H and O–H groups in total. The Labute approximate surface area is 124 Å². The van der Waals surface area contributed by atoms with Crippen molar-refractivity contribution < 1.29 is 4.74 Å². The first-order chi connectivity index (χ1) is 9.35. The summed E-state index contributed by atoms with van der Waals surface area (Å²) in [5.41, 5.74) is 2.83. The molecule has 1 rings (SSSR count). The largest absolute Gasteiger partial charge is 0.385 e. The Balaban J connectivity index is 2.51. The zero-order valence-corrected chi connectivity index (χ0v) is 13.9. The number of benzene rings is 1. The van der Waals surface area contributed by atoms with Crippen LogP contribution in [0.1, 0.15) is 38.8 Å². The van der Waals surface area contributed by atoms with Gasteiger partial charge in [-0.3, -0.25) is 0 Å². The summed E-state index contributed by atoms with van der Waals surface area (Å²) in [7, 11) is 5.89. The molecule has 0 radical (unpaired) electrons. The van der Waals surface area contributed by atoms with E-state index >= 15 is 0 Å². The average molecular weight is 278 g/mol. The molecule has 1 aromatic rings. The molecule has 1 atom stereocenters. The third-order valence-electron chi connectivity index (χ3n) is 3.78. The van der Waals surface area contributed by atoms with Crippen LogP contribution in [0.5, 0.6) is 0 Å². The normalized spacial score (nSPS) is 13.3. The van der Waals surface area contributed by atoms with E-state index in [0.29, 0.717) is 6.04 Å². The molecule has 0 saturated heterocycles. The van der Waals surface area contributed by atoms with E-state index in [1.54, 1.807) is 7.11 Å². The van der Waals surface area contributed by atoms with Crippen LogP contribution in [-0.2, 0) is 4.74 Å². The van der Waals surface area contributed by atoms with Crippen molar-refractivity contribution in [3.63, 3.8) is 0 Å². The Bertz CT molecular complexity index is 384. The van der Waals surface area contributed by atoms with Gasteiger partial charge in [0.05, 0.1) is 0 Å². The van der Waals surface area contributed by atoms with E-state index in [4.69, 9.17) is 4.74 Å². The number of anilines is 1. The van der Waals surface area contributed by atoms with Gasteiger partial charge in [0.1, 0.15) is 0 Å². The molecule has 0 heterocycles. The van der Waals surface area contributed by atoms with Crippen molar-refractivity contribution in [3.8, 4) is 0 Å². The Hall–Kier alpha value is -1.06. The van der Waals surface area contributed by atoms with Crippen LogP contribution >= 0.6 is 0 Å². The van der Waals surface area contributed by atoms with E-state index in [-0.39, 0.29) is 5.41 Å². The van der Waals surface area contributed by atoms with Gasteiger partial charge < -0.3 is 15.0 Å². The fraction of sp³-hybridized carbons (Fsp3) is 0.647. The van der Waals surface area contributed by atoms with Crippen LogP contribution in [-0.4, -0.2) is 34.4 Å². The van der Waals surface area contributed by atoms with Crippen molar-refractivity contribution in [2.24, 2.45) is 5.41 Å². The Morgan fingerprint density at radius 1 is 1.20 bits per heavy atom. The van der Waals surface area contributed by atoms with Crippen LogP contribution in [0.4, 0.5) is 5.69 Å². The van der Waals surface area contributed by atoms with Crippen LogP contribution in [0.25, 0.3) is 0 Å². The second-order valence-corrected chi connectivity index (χ2v) is 6.50. The van der Waals surface area contributed by atoms with Gasteiger partial charge in [0, 0.05) is 46.1 Å². The molecule has 20 heavy (non-hydrogen) atoms. The van der Waals surface area contributed by atoms with Crippen LogP contribution < -0.4 is 10.2 Å². The molecular formula is C17H30N2O. The topological polar surface area (TPSA) is 24.5 Å². The highest BCUT2D eigenvalue weighted by Gasteiger charge is 2.18. The molecule has 1 aromatic carbocycles. The van der Waals surface area contributed by atoms with Crippen LogP contribution in [0.2, 0.25) is 0 Å². The minimum absolute atomic E-state index is 0.258. The predicted octanol–water partition coefficient (Wildman–Crippen LogP) is 3.47. The molecular weight excluding hydrogens is 248 g/mol. The number of nitrogens with one attached hydrogen (secondary N) is 1. The van der Waals surface area contributed by atoms with Crippen molar-refractivity contribution in [1.82, 2.24) is 5.32 Å². The molecule has 3 nitrogen and oxygen atoms in total. The fourth-order valence-corrected chi connectivity index (χ4v) is 2.08. The van der Waals surface area contributed by atoms with Gasteiger partial charge in [0.15, 0.2) is 0 Å². The van der Waals surface area contributed by atoms with Crippen molar-refractivity contribution in [2.75, 3.05) is 39.3 Å². The number of rotatable bonds is 8. The molecule has 3 heteroatoms. The van der Waals surface area contributed by atoms with Crippen molar-refractivity contribution >= 4 is 5.69 Å². The zero-order chi connectivity index (χ0) is 15.2. The van der Waals surface area contributed by atoms with E-state index in [2.05, 4.69) is 69.3 Å². The maximum Gasteiger partial charge on any atom is 0.0467 e. The van der Waals surface area contributed by atoms with Gasteiger partial charge in [-0.15, -0.1) is 0 Å². The van der Waals surface area contributed by atoms with Gasteiger partial charge in [-0.25, -0.2) is 0 Å². The second kappa shape index (κ2) is 7.65. The highest BCUT2D eigenvalue weighted by molar-refractivity contribution is 5.46. The monoisotopic (exact) mass is 278 g/mol. The van der Waals surface area contributed by atoms with Gasteiger partial charge >= 0.3 is 0 Å². The quantitative estimate of drug-likeness (QED) is 0.788. The summed E-state index contributed by atoms with van der Waals surface area (Å²) in [5.74, 6) is 0. The minimum Gasteiger partial charge on any atom is -0.385 e. The molecule has 114 valence electrons. The second-order valence-electron chi connectivity index (χ2n) is 6.50. The summed E-state index contributed by atoms with van der Waals surface area (Å²) in [6.45, 7) is 8.59. The first-order valence-corrected chi connectivity index (χ1v) is 7.35. The zero-order valence-electron chi connectivity index (χ0n) is 13.9. The standard InChI is InChI=1S/C17H30N2O/c1-14(18-13-17(2,3)11-12-20-6)15-7-9-16(10-8-15)19(4)5/h7-10,14,18H,11-13H2,1-6H3. The van der Waals surface area contributed by atoms with Gasteiger partial charge in [0.25, 0.3) is 0 Å². The summed E-state index contributed by atoms with van der Waals surface area (Å²) in [5, 5.41) is 3.63. The third-order valence-corrected chi connectivity index (χ3v) is 3.78.